The summed E-state index contributed by atoms with van der Waals surface area (Å²) in [6.45, 7) is 0.344. The van der Waals surface area contributed by atoms with Crippen LogP contribution < -0.4 is 0 Å². The van der Waals surface area contributed by atoms with E-state index in [2.05, 4.69) is 10.1 Å². The predicted molar refractivity (Wildman–Crippen MR) is 110 cm³/mol. The highest BCUT2D eigenvalue weighted by atomic mass is 19.3. The molecular formula is C23H22F2N4O2. The number of fused-ring (bicyclic) bond motifs is 2. The lowest BCUT2D eigenvalue weighted by atomic mass is 9.77. The minimum atomic E-state index is -2.77. The van der Waals surface area contributed by atoms with Crippen LogP contribution in [0.3, 0.4) is 0 Å². The van der Waals surface area contributed by atoms with Gasteiger partial charge in [-0.15, -0.1) is 0 Å². The van der Waals surface area contributed by atoms with Gasteiger partial charge in [0.15, 0.2) is 5.65 Å². The van der Waals surface area contributed by atoms with Crippen molar-refractivity contribution >= 4 is 17.3 Å². The summed E-state index contributed by atoms with van der Waals surface area (Å²) < 4.78 is 28.7. The van der Waals surface area contributed by atoms with E-state index in [-0.39, 0.29) is 40.6 Å². The molecule has 1 amide bonds. The topological polar surface area (TPSA) is 67.6 Å². The van der Waals surface area contributed by atoms with Crippen molar-refractivity contribution in [3.8, 4) is 11.3 Å². The van der Waals surface area contributed by atoms with Crippen LogP contribution in [-0.2, 0) is 4.79 Å². The molecule has 2 aromatic heterocycles. The number of aromatic nitrogens is 3. The van der Waals surface area contributed by atoms with Crippen molar-refractivity contribution in [2.75, 3.05) is 6.54 Å². The van der Waals surface area contributed by atoms with Crippen molar-refractivity contribution in [2.24, 2.45) is 5.92 Å². The molecule has 1 aromatic carbocycles. The van der Waals surface area contributed by atoms with Gasteiger partial charge in [-0.3, -0.25) is 9.59 Å². The zero-order valence-corrected chi connectivity index (χ0v) is 16.9. The van der Waals surface area contributed by atoms with Crippen molar-refractivity contribution in [3.05, 3.63) is 53.9 Å². The molecule has 1 aliphatic heterocycles. The van der Waals surface area contributed by atoms with Crippen LogP contribution >= 0.6 is 0 Å². The van der Waals surface area contributed by atoms with E-state index < -0.39 is 6.43 Å². The number of ketones is 1. The van der Waals surface area contributed by atoms with E-state index in [1.54, 1.807) is 29.2 Å². The smallest absolute Gasteiger partial charge is 0.280 e. The molecule has 1 aliphatic carbocycles. The molecule has 160 valence electrons. The normalized spacial score (nSPS) is 21.5. The Labute approximate surface area is 177 Å². The standard InChI is InChI=1S/C23H22F2N4O2/c24-21(25)19-12-17(14-6-2-1-3-7-14)27-22-16(13-26-29(19)22)23(31)28-11-10-20(30)15-8-4-5-9-18(15)28/h1-3,6-7,12-13,15,18,21H,4-5,8-11H2/t15-,18-/m0/s1. The summed E-state index contributed by atoms with van der Waals surface area (Å²) in [6.07, 6.45) is 2.42. The van der Waals surface area contributed by atoms with Crippen molar-refractivity contribution in [2.45, 2.75) is 44.6 Å². The van der Waals surface area contributed by atoms with Gasteiger partial charge in [0.05, 0.1) is 11.9 Å². The third-order valence-corrected chi connectivity index (χ3v) is 6.43. The molecule has 2 atom stereocenters. The SMILES string of the molecule is O=C1CCN(C(=O)c2cnn3c(C(F)F)cc(-c4ccccc4)nc23)[C@H]2CCCC[C@H]12. The van der Waals surface area contributed by atoms with Crippen LogP contribution in [-0.4, -0.2) is 43.8 Å². The van der Waals surface area contributed by atoms with Gasteiger partial charge in [0.1, 0.15) is 17.0 Å². The first-order valence-electron chi connectivity index (χ1n) is 10.6. The first kappa shape index (κ1) is 19.8. The summed E-state index contributed by atoms with van der Waals surface area (Å²) in [5, 5.41) is 4.07. The van der Waals surface area contributed by atoms with Crippen LogP contribution in [0.25, 0.3) is 16.9 Å². The average molecular weight is 424 g/mol. The maximum absolute atomic E-state index is 13.8. The molecule has 0 bridgehead atoms. The number of carbonyl (C=O) groups is 2. The number of nitrogens with zero attached hydrogens (tertiary/aromatic N) is 4. The van der Waals surface area contributed by atoms with Gasteiger partial charge in [0, 0.05) is 30.5 Å². The number of carbonyl (C=O) groups excluding carboxylic acids is 2. The fraction of sp³-hybridized carbons (Fsp3) is 0.391. The highest BCUT2D eigenvalue weighted by Gasteiger charge is 2.41. The summed E-state index contributed by atoms with van der Waals surface area (Å²) in [4.78, 5) is 32.1. The van der Waals surface area contributed by atoms with Gasteiger partial charge < -0.3 is 4.90 Å². The van der Waals surface area contributed by atoms with E-state index in [1.807, 2.05) is 6.07 Å². The second-order valence-electron chi connectivity index (χ2n) is 8.20. The Morgan fingerprint density at radius 3 is 2.68 bits per heavy atom. The second kappa shape index (κ2) is 7.83. The second-order valence-corrected chi connectivity index (χ2v) is 8.20. The monoisotopic (exact) mass is 424 g/mol. The molecule has 1 saturated carbocycles. The number of halogens is 2. The lowest BCUT2D eigenvalue weighted by Gasteiger charge is -2.43. The minimum Gasteiger partial charge on any atom is -0.334 e. The van der Waals surface area contributed by atoms with Gasteiger partial charge >= 0.3 is 0 Å². The molecule has 8 heteroatoms. The summed E-state index contributed by atoms with van der Waals surface area (Å²) in [5.41, 5.74) is 1.04. The predicted octanol–water partition coefficient (Wildman–Crippen LogP) is 4.31. The quantitative estimate of drug-likeness (QED) is 0.629. The Hall–Kier alpha value is -3.16. The van der Waals surface area contributed by atoms with Crippen LogP contribution in [0.15, 0.2) is 42.6 Å². The number of hydrogen-bond donors (Lipinski definition) is 0. The number of benzene rings is 1. The summed E-state index contributed by atoms with van der Waals surface area (Å²) >= 11 is 0. The van der Waals surface area contributed by atoms with Gasteiger partial charge in [-0.25, -0.2) is 18.3 Å². The Balaban J connectivity index is 1.59. The number of likely N-dealkylation sites (tertiary alicyclic amines) is 1. The third kappa shape index (κ3) is 3.40. The molecule has 3 heterocycles. The van der Waals surface area contributed by atoms with Gasteiger partial charge in [0.2, 0.25) is 0 Å². The Morgan fingerprint density at radius 2 is 1.90 bits per heavy atom. The van der Waals surface area contributed by atoms with E-state index in [0.717, 1.165) is 30.2 Å². The first-order valence-corrected chi connectivity index (χ1v) is 10.6. The molecule has 0 radical (unpaired) electrons. The van der Waals surface area contributed by atoms with Gasteiger partial charge in [0.25, 0.3) is 12.3 Å². The zero-order valence-electron chi connectivity index (χ0n) is 16.9. The number of amides is 1. The van der Waals surface area contributed by atoms with E-state index >= 15 is 0 Å². The molecule has 5 rings (SSSR count). The van der Waals surface area contributed by atoms with Gasteiger partial charge in [-0.05, 0) is 18.9 Å². The van der Waals surface area contributed by atoms with E-state index in [4.69, 9.17) is 0 Å². The van der Waals surface area contributed by atoms with Crippen molar-refractivity contribution < 1.29 is 18.4 Å². The Morgan fingerprint density at radius 1 is 1.13 bits per heavy atom. The van der Waals surface area contributed by atoms with Crippen molar-refractivity contribution in [1.82, 2.24) is 19.5 Å². The number of piperidine rings is 1. The molecule has 1 saturated heterocycles. The van der Waals surface area contributed by atoms with E-state index in [9.17, 15) is 18.4 Å². The van der Waals surface area contributed by atoms with Gasteiger partial charge in [-0.2, -0.15) is 5.10 Å². The molecule has 0 N–H and O–H groups in total. The maximum atomic E-state index is 13.8. The van der Waals surface area contributed by atoms with Crippen LogP contribution in [0.2, 0.25) is 0 Å². The largest absolute Gasteiger partial charge is 0.334 e. The lowest BCUT2D eigenvalue weighted by Crippen LogP contribution is -2.53. The number of Topliss-reactive ketones (excluding diaryl/α,β-unsaturated/α-hetero) is 1. The molecule has 31 heavy (non-hydrogen) atoms. The van der Waals surface area contributed by atoms with E-state index in [0.29, 0.717) is 24.2 Å². The van der Waals surface area contributed by atoms with Crippen molar-refractivity contribution in [3.63, 3.8) is 0 Å². The van der Waals surface area contributed by atoms with Gasteiger partial charge in [-0.1, -0.05) is 43.2 Å². The number of hydrogen-bond acceptors (Lipinski definition) is 4. The zero-order chi connectivity index (χ0) is 21.5. The summed E-state index contributed by atoms with van der Waals surface area (Å²) in [7, 11) is 0. The minimum absolute atomic E-state index is 0.117. The summed E-state index contributed by atoms with van der Waals surface area (Å²) in [6, 6.07) is 10.2. The number of rotatable bonds is 3. The molecule has 6 nitrogen and oxygen atoms in total. The van der Waals surface area contributed by atoms with Crippen LogP contribution in [0.5, 0.6) is 0 Å². The highest BCUT2D eigenvalue weighted by molar-refractivity contribution is 6.01. The average Bonchev–Trinajstić information content (AvgIpc) is 3.23. The molecular weight excluding hydrogens is 402 g/mol. The third-order valence-electron chi connectivity index (χ3n) is 6.43. The lowest BCUT2D eigenvalue weighted by molar-refractivity contribution is -0.129. The number of alkyl halides is 2. The maximum Gasteiger partial charge on any atom is 0.280 e. The fourth-order valence-corrected chi connectivity index (χ4v) is 4.90. The van der Waals surface area contributed by atoms with E-state index in [1.165, 1.54) is 12.3 Å². The van der Waals surface area contributed by atoms with Crippen molar-refractivity contribution in [1.29, 1.82) is 0 Å². The molecule has 0 unspecified atom stereocenters. The molecule has 2 fully saturated rings. The summed E-state index contributed by atoms with van der Waals surface area (Å²) in [5.74, 6) is -0.201. The van der Waals surface area contributed by atoms with Crippen LogP contribution in [0, 0.1) is 5.92 Å². The molecule has 2 aliphatic rings. The molecule has 0 spiro atoms. The molecule has 3 aromatic rings. The Kier molecular flexibility index (Phi) is 5.00. The fourth-order valence-electron chi connectivity index (χ4n) is 4.90. The Bertz CT molecular complexity index is 1150. The first-order chi connectivity index (χ1) is 15.0. The van der Waals surface area contributed by atoms with Crippen LogP contribution in [0.1, 0.15) is 54.6 Å². The highest BCUT2D eigenvalue weighted by Crippen LogP contribution is 2.35. The van der Waals surface area contributed by atoms with Crippen LogP contribution in [0.4, 0.5) is 8.78 Å².